The summed E-state index contributed by atoms with van der Waals surface area (Å²) in [7, 11) is 0. The third-order valence-electron chi connectivity index (χ3n) is 0.712. The summed E-state index contributed by atoms with van der Waals surface area (Å²) < 4.78 is 0. The minimum Gasteiger partial charge on any atom is -0.394 e. The third-order valence-corrected chi connectivity index (χ3v) is 0.712. The van der Waals surface area contributed by atoms with Crippen LogP contribution in [0.4, 0.5) is 0 Å². The maximum Gasteiger partial charge on any atom is 0.0662 e. The van der Waals surface area contributed by atoms with Crippen LogP contribution in [0.5, 0.6) is 0 Å². The first-order chi connectivity index (χ1) is 4.47. The molecule has 0 aromatic carbocycles. The SMILES string of the molecule is CC(C)(C)CN.OCCO. The maximum atomic E-state index is 7.62. The van der Waals surface area contributed by atoms with Crippen LogP contribution in [0.3, 0.4) is 0 Å². The molecule has 10 heavy (non-hydrogen) atoms. The molecule has 0 aromatic heterocycles. The van der Waals surface area contributed by atoms with E-state index >= 15 is 0 Å². The Balaban J connectivity index is 0. The lowest BCUT2D eigenvalue weighted by Gasteiger charge is -2.12. The lowest BCUT2D eigenvalue weighted by Crippen LogP contribution is -2.18. The van der Waals surface area contributed by atoms with Crippen molar-refractivity contribution in [2.45, 2.75) is 20.8 Å². The Morgan fingerprint density at radius 2 is 1.30 bits per heavy atom. The van der Waals surface area contributed by atoms with Crippen molar-refractivity contribution in [2.75, 3.05) is 19.8 Å². The molecule has 64 valence electrons. The summed E-state index contributed by atoms with van der Waals surface area (Å²) in [6, 6.07) is 0. The minimum atomic E-state index is -0.125. The van der Waals surface area contributed by atoms with Gasteiger partial charge in [-0.2, -0.15) is 0 Å². The smallest absolute Gasteiger partial charge is 0.0662 e. The minimum absolute atomic E-state index is 0.125. The second kappa shape index (κ2) is 6.99. The highest BCUT2D eigenvalue weighted by molar-refractivity contribution is 4.59. The Labute approximate surface area is 62.9 Å². The van der Waals surface area contributed by atoms with Gasteiger partial charge in [0, 0.05) is 0 Å². The van der Waals surface area contributed by atoms with Gasteiger partial charge in [-0.3, -0.25) is 0 Å². The molecule has 0 radical (unpaired) electrons. The molecule has 0 bridgehead atoms. The van der Waals surface area contributed by atoms with Crippen LogP contribution >= 0.6 is 0 Å². The molecule has 0 saturated heterocycles. The van der Waals surface area contributed by atoms with Gasteiger partial charge >= 0.3 is 0 Å². The average molecular weight is 149 g/mol. The summed E-state index contributed by atoms with van der Waals surface area (Å²) in [6.07, 6.45) is 0. The van der Waals surface area contributed by atoms with Crippen molar-refractivity contribution < 1.29 is 10.2 Å². The van der Waals surface area contributed by atoms with E-state index in [9.17, 15) is 0 Å². The first-order valence-corrected chi connectivity index (χ1v) is 3.39. The van der Waals surface area contributed by atoms with E-state index in [1.165, 1.54) is 0 Å². The van der Waals surface area contributed by atoms with Gasteiger partial charge in [-0.15, -0.1) is 0 Å². The fourth-order valence-corrected chi connectivity index (χ4v) is 0. The van der Waals surface area contributed by atoms with Crippen LogP contribution in [0.25, 0.3) is 0 Å². The largest absolute Gasteiger partial charge is 0.394 e. The Hall–Kier alpha value is -0.120. The molecule has 0 aromatic rings. The quantitative estimate of drug-likeness (QED) is 0.490. The van der Waals surface area contributed by atoms with E-state index in [-0.39, 0.29) is 13.2 Å². The fraction of sp³-hybridized carbons (Fsp3) is 1.00. The summed E-state index contributed by atoms with van der Waals surface area (Å²) >= 11 is 0. The summed E-state index contributed by atoms with van der Waals surface area (Å²) in [5, 5.41) is 15.2. The molecule has 0 spiro atoms. The fourth-order valence-electron chi connectivity index (χ4n) is 0. The zero-order valence-electron chi connectivity index (χ0n) is 7.09. The van der Waals surface area contributed by atoms with E-state index < -0.39 is 0 Å². The molecular formula is C7H19NO2. The van der Waals surface area contributed by atoms with Crippen molar-refractivity contribution in [3.8, 4) is 0 Å². The van der Waals surface area contributed by atoms with Gasteiger partial charge < -0.3 is 15.9 Å². The Morgan fingerprint density at radius 3 is 1.30 bits per heavy atom. The van der Waals surface area contributed by atoms with Crippen molar-refractivity contribution in [3.63, 3.8) is 0 Å². The first kappa shape index (κ1) is 12.5. The van der Waals surface area contributed by atoms with E-state index in [2.05, 4.69) is 20.8 Å². The van der Waals surface area contributed by atoms with Crippen molar-refractivity contribution in [1.82, 2.24) is 0 Å². The van der Waals surface area contributed by atoms with Crippen LogP contribution < -0.4 is 5.73 Å². The van der Waals surface area contributed by atoms with Gasteiger partial charge in [-0.25, -0.2) is 0 Å². The highest BCUT2D eigenvalue weighted by Crippen LogP contribution is 2.07. The van der Waals surface area contributed by atoms with E-state index in [1.54, 1.807) is 0 Å². The molecule has 0 heterocycles. The summed E-state index contributed by atoms with van der Waals surface area (Å²) in [4.78, 5) is 0. The zero-order chi connectivity index (χ0) is 8.62. The van der Waals surface area contributed by atoms with Gasteiger partial charge in [-0.05, 0) is 12.0 Å². The predicted molar refractivity (Wildman–Crippen MR) is 42.7 cm³/mol. The van der Waals surface area contributed by atoms with Crippen molar-refractivity contribution in [1.29, 1.82) is 0 Å². The van der Waals surface area contributed by atoms with E-state index in [0.717, 1.165) is 6.54 Å². The number of rotatable bonds is 1. The van der Waals surface area contributed by atoms with Crippen LogP contribution in [0.2, 0.25) is 0 Å². The lowest BCUT2D eigenvalue weighted by molar-refractivity contribution is 0.186. The third kappa shape index (κ3) is 24.8. The van der Waals surface area contributed by atoms with Gasteiger partial charge in [0.15, 0.2) is 0 Å². The number of aliphatic hydroxyl groups is 2. The van der Waals surface area contributed by atoms with Gasteiger partial charge in [0.25, 0.3) is 0 Å². The van der Waals surface area contributed by atoms with Crippen molar-refractivity contribution in [3.05, 3.63) is 0 Å². The Bertz CT molecular complexity index is 57.1. The Kier molecular flexibility index (Phi) is 8.77. The molecule has 0 amide bonds. The molecule has 4 N–H and O–H groups in total. The standard InChI is InChI=1S/C5H13N.C2H6O2/c1-5(2,3)4-6;3-1-2-4/h4,6H2,1-3H3;3-4H,1-2H2. The van der Waals surface area contributed by atoms with Crippen LogP contribution in [0.15, 0.2) is 0 Å². The normalized spacial score (nSPS) is 10.2. The highest BCUT2D eigenvalue weighted by atomic mass is 16.3. The first-order valence-electron chi connectivity index (χ1n) is 3.39. The maximum absolute atomic E-state index is 7.62. The monoisotopic (exact) mass is 149 g/mol. The highest BCUT2D eigenvalue weighted by Gasteiger charge is 2.03. The molecule has 0 aliphatic heterocycles. The summed E-state index contributed by atoms with van der Waals surface area (Å²) in [5.74, 6) is 0. The zero-order valence-corrected chi connectivity index (χ0v) is 7.09. The van der Waals surface area contributed by atoms with Crippen molar-refractivity contribution in [2.24, 2.45) is 11.1 Å². The topological polar surface area (TPSA) is 66.5 Å². The summed E-state index contributed by atoms with van der Waals surface area (Å²) in [5.41, 5.74) is 5.62. The average Bonchev–Trinajstić information content (AvgIpc) is 1.87. The molecule has 0 aliphatic rings. The van der Waals surface area contributed by atoms with E-state index in [0.29, 0.717) is 5.41 Å². The van der Waals surface area contributed by atoms with E-state index in [1.807, 2.05) is 0 Å². The van der Waals surface area contributed by atoms with Crippen LogP contribution in [-0.4, -0.2) is 30.0 Å². The molecule has 0 atom stereocenters. The molecule has 3 heteroatoms. The molecule has 0 rings (SSSR count). The second-order valence-corrected chi connectivity index (χ2v) is 3.21. The lowest BCUT2D eigenvalue weighted by atomic mass is 9.98. The second-order valence-electron chi connectivity index (χ2n) is 3.21. The molecule has 0 fully saturated rings. The van der Waals surface area contributed by atoms with Crippen LogP contribution in [0, 0.1) is 5.41 Å². The number of hydrogen-bond donors (Lipinski definition) is 3. The van der Waals surface area contributed by atoms with Crippen molar-refractivity contribution >= 4 is 0 Å². The van der Waals surface area contributed by atoms with Gasteiger partial charge in [0.2, 0.25) is 0 Å². The van der Waals surface area contributed by atoms with Crippen LogP contribution in [-0.2, 0) is 0 Å². The summed E-state index contributed by atoms with van der Waals surface area (Å²) in [6.45, 7) is 6.87. The molecule has 0 aliphatic carbocycles. The number of hydrogen-bond acceptors (Lipinski definition) is 3. The molecular weight excluding hydrogens is 130 g/mol. The molecule has 3 nitrogen and oxygen atoms in total. The van der Waals surface area contributed by atoms with Gasteiger partial charge in [0.1, 0.15) is 0 Å². The Morgan fingerprint density at radius 1 is 1.10 bits per heavy atom. The van der Waals surface area contributed by atoms with Crippen LogP contribution in [0.1, 0.15) is 20.8 Å². The van der Waals surface area contributed by atoms with Gasteiger partial charge in [-0.1, -0.05) is 20.8 Å². The number of aliphatic hydroxyl groups excluding tert-OH is 2. The molecule has 0 saturated carbocycles. The predicted octanol–water partition coefficient (Wildman–Crippen LogP) is -0.0378. The van der Waals surface area contributed by atoms with Gasteiger partial charge in [0.05, 0.1) is 13.2 Å². The number of nitrogens with two attached hydrogens (primary N) is 1. The molecule has 0 unspecified atom stereocenters. The van der Waals surface area contributed by atoms with E-state index in [4.69, 9.17) is 15.9 Å².